The van der Waals surface area contributed by atoms with Crippen molar-refractivity contribution in [2.75, 3.05) is 39.9 Å². The molecule has 0 saturated carbocycles. The number of hydrogen-bond donors (Lipinski definition) is 0. The molecule has 22 heavy (non-hydrogen) atoms. The number of thiophene rings is 1. The summed E-state index contributed by atoms with van der Waals surface area (Å²) in [6.07, 6.45) is 2.68. The van der Waals surface area contributed by atoms with E-state index in [-0.39, 0.29) is 0 Å². The van der Waals surface area contributed by atoms with Crippen molar-refractivity contribution in [3.63, 3.8) is 0 Å². The first kappa shape index (κ1) is 17.9. The Bertz CT molecular complexity index is 424. The first-order valence-corrected chi connectivity index (χ1v) is 9.46. The standard InChI is InChI=1S/C18H32N2OS/c1-15(2)20-8-5-17(6-9-20)13-19(10-11-21-4)14-18-16(3)7-12-22-18/h7,12,15,17H,5-6,8-11,13-14H2,1-4H3. The zero-order valence-corrected chi connectivity index (χ0v) is 15.5. The van der Waals surface area contributed by atoms with Crippen molar-refractivity contribution < 1.29 is 4.74 Å². The van der Waals surface area contributed by atoms with Crippen LogP contribution in [0.15, 0.2) is 11.4 Å². The first-order valence-electron chi connectivity index (χ1n) is 8.58. The Morgan fingerprint density at radius 2 is 2.09 bits per heavy atom. The molecular weight excluding hydrogens is 292 g/mol. The topological polar surface area (TPSA) is 15.7 Å². The summed E-state index contributed by atoms with van der Waals surface area (Å²) >= 11 is 1.89. The minimum absolute atomic E-state index is 0.694. The monoisotopic (exact) mass is 324 g/mol. The number of piperidine rings is 1. The zero-order chi connectivity index (χ0) is 15.9. The highest BCUT2D eigenvalue weighted by Crippen LogP contribution is 2.23. The van der Waals surface area contributed by atoms with Crippen molar-refractivity contribution in [1.82, 2.24) is 9.80 Å². The molecule has 0 atom stereocenters. The molecule has 1 aromatic rings. The van der Waals surface area contributed by atoms with E-state index < -0.39 is 0 Å². The molecule has 0 aromatic carbocycles. The highest BCUT2D eigenvalue weighted by molar-refractivity contribution is 7.10. The van der Waals surface area contributed by atoms with E-state index in [4.69, 9.17) is 4.74 Å². The molecule has 1 aliphatic rings. The predicted molar refractivity (Wildman–Crippen MR) is 95.6 cm³/mol. The van der Waals surface area contributed by atoms with Gasteiger partial charge >= 0.3 is 0 Å². The third-order valence-electron chi connectivity index (χ3n) is 4.84. The van der Waals surface area contributed by atoms with Gasteiger partial charge in [-0.05, 0) is 69.6 Å². The molecule has 2 heterocycles. The maximum atomic E-state index is 5.31. The lowest BCUT2D eigenvalue weighted by Crippen LogP contribution is -2.42. The average Bonchev–Trinajstić information content (AvgIpc) is 2.90. The lowest BCUT2D eigenvalue weighted by molar-refractivity contribution is 0.0989. The van der Waals surface area contributed by atoms with E-state index in [1.54, 1.807) is 7.11 Å². The van der Waals surface area contributed by atoms with Crippen LogP contribution in [0, 0.1) is 12.8 Å². The number of hydrogen-bond acceptors (Lipinski definition) is 4. The lowest BCUT2D eigenvalue weighted by atomic mass is 9.95. The van der Waals surface area contributed by atoms with E-state index in [2.05, 4.69) is 42.0 Å². The van der Waals surface area contributed by atoms with Gasteiger partial charge in [-0.1, -0.05) is 0 Å². The van der Waals surface area contributed by atoms with Crippen molar-refractivity contribution in [2.24, 2.45) is 5.92 Å². The maximum absolute atomic E-state index is 5.31. The van der Waals surface area contributed by atoms with Crippen molar-refractivity contribution in [1.29, 1.82) is 0 Å². The van der Waals surface area contributed by atoms with Gasteiger partial charge in [0.05, 0.1) is 6.61 Å². The van der Waals surface area contributed by atoms with Crippen molar-refractivity contribution in [3.05, 3.63) is 21.9 Å². The summed E-state index contributed by atoms with van der Waals surface area (Å²) in [5.41, 5.74) is 1.43. The molecule has 1 saturated heterocycles. The normalized spacial score (nSPS) is 17.7. The van der Waals surface area contributed by atoms with E-state index in [0.29, 0.717) is 6.04 Å². The van der Waals surface area contributed by atoms with Gasteiger partial charge in [-0.3, -0.25) is 4.90 Å². The van der Waals surface area contributed by atoms with Crippen LogP contribution >= 0.6 is 11.3 Å². The van der Waals surface area contributed by atoms with Crippen LogP contribution in [-0.2, 0) is 11.3 Å². The van der Waals surface area contributed by atoms with Crippen LogP contribution in [0.3, 0.4) is 0 Å². The van der Waals surface area contributed by atoms with Crippen LogP contribution in [-0.4, -0.2) is 55.7 Å². The minimum Gasteiger partial charge on any atom is -0.383 e. The quantitative estimate of drug-likeness (QED) is 0.726. The third-order valence-corrected chi connectivity index (χ3v) is 5.85. The van der Waals surface area contributed by atoms with Gasteiger partial charge in [0, 0.05) is 37.7 Å². The molecule has 0 amide bonds. The smallest absolute Gasteiger partial charge is 0.0589 e. The highest BCUT2D eigenvalue weighted by atomic mass is 32.1. The van der Waals surface area contributed by atoms with Gasteiger partial charge < -0.3 is 9.64 Å². The zero-order valence-electron chi connectivity index (χ0n) is 14.7. The molecule has 1 aromatic heterocycles. The molecule has 1 aliphatic heterocycles. The number of ether oxygens (including phenoxy) is 1. The van der Waals surface area contributed by atoms with Gasteiger partial charge in [0.25, 0.3) is 0 Å². The van der Waals surface area contributed by atoms with Gasteiger partial charge in [-0.15, -0.1) is 11.3 Å². The van der Waals surface area contributed by atoms with Crippen LogP contribution in [0.1, 0.15) is 37.1 Å². The molecular formula is C18H32N2OS. The summed E-state index contributed by atoms with van der Waals surface area (Å²) in [7, 11) is 1.80. The Hall–Kier alpha value is -0.420. The fourth-order valence-corrected chi connectivity index (χ4v) is 4.19. The number of methoxy groups -OCH3 is 1. The average molecular weight is 325 g/mol. The van der Waals surface area contributed by atoms with Gasteiger partial charge in [-0.2, -0.15) is 0 Å². The largest absolute Gasteiger partial charge is 0.383 e. The summed E-state index contributed by atoms with van der Waals surface area (Å²) in [6.45, 7) is 13.5. The molecule has 4 heteroatoms. The molecule has 2 rings (SSSR count). The van der Waals surface area contributed by atoms with E-state index >= 15 is 0 Å². The van der Waals surface area contributed by atoms with Crippen LogP contribution < -0.4 is 0 Å². The molecule has 126 valence electrons. The van der Waals surface area contributed by atoms with Gasteiger partial charge in [-0.25, -0.2) is 0 Å². The molecule has 0 unspecified atom stereocenters. The second-order valence-electron chi connectivity index (χ2n) is 6.83. The third kappa shape index (κ3) is 5.34. The molecule has 0 spiro atoms. The van der Waals surface area contributed by atoms with Gasteiger partial charge in [0.1, 0.15) is 0 Å². The first-order chi connectivity index (χ1) is 10.6. The second kappa shape index (κ2) is 9.02. The SMILES string of the molecule is COCCN(Cc1sccc1C)CC1CCN(C(C)C)CC1. The number of rotatable bonds is 8. The van der Waals surface area contributed by atoms with Crippen molar-refractivity contribution in [2.45, 2.75) is 46.2 Å². The number of aryl methyl sites for hydroxylation is 1. The fourth-order valence-electron chi connectivity index (χ4n) is 3.24. The maximum Gasteiger partial charge on any atom is 0.0589 e. The van der Waals surface area contributed by atoms with Gasteiger partial charge in [0.15, 0.2) is 0 Å². The second-order valence-corrected chi connectivity index (χ2v) is 7.83. The summed E-state index contributed by atoms with van der Waals surface area (Å²) in [5, 5.41) is 2.21. The van der Waals surface area contributed by atoms with E-state index in [1.165, 1.54) is 42.9 Å². The highest BCUT2D eigenvalue weighted by Gasteiger charge is 2.23. The van der Waals surface area contributed by atoms with Gasteiger partial charge in [0.2, 0.25) is 0 Å². The van der Waals surface area contributed by atoms with E-state index in [1.807, 2.05) is 11.3 Å². The molecule has 0 bridgehead atoms. The summed E-state index contributed by atoms with van der Waals surface area (Å²) in [4.78, 5) is 6.72. The molecule has 3 nitrogen and oxygen atoms in total. The van der Waals surface area contributed by atoms with E-state index in [9.17, 15) is 0 Å². The Morgan fingerprint density at radius 1 is 1.36 bits per heavy atom. The number of nitrogens with zero attached hydrogens (tertiary/aromatic N) is 2. The van der Waals surface area contributed by atoms with Crippen LogP contribution in [0.2, 0.25) is 0 Å². The molecule has 0 radical (unpaired) electrons. The minimum atomic E-state index is 0.694. The predicted octanol–water partition coefficient (Wildman–Crippen LogP) is 3.63. The van der Waals surface area contributed by atoms with Crippen LogP contribution in [0.25, 0.3) is 0 Å². The van der Waals surface area contributed by atoms with Crippen molar-refractivity contribution >= 4 is 11.3 Å². The molecule has 0 aliphatic carbocycles. The lowest BCUT2D eigenvalue weighted by Gasteiger charge is -2.36. The Balaban J connectivity index is 1.86. The fraction of sp³-hybridized carbons (Fsp3) is 0.778. The number of likely N-dealkylation sites (tertiary alicyclic amines) is 1. The van der Waals surface area contributed by atoms with Crippen molar-refractivity contribution in [3.8, 4) is 0 Å². The van der Waals surface area contributed by atoms with E-state index in [0.717, 1.165) is 25.6 Å². The summed E-state index contributed by atoms with van der Waals surface area (Å²) in [6, 6.07) is 2.93. The molecule has 0 N–H and O–H groups in total. The summed E-state index contributed by atoms with van der Waals surface area (Å²) < 4.78 is 5.31. The molecule has 1 fully saturated rings. The Morgan fingerprint density at radius 3 is 2.64 bits per heavy atom. The van der Waals surface area contributed by atoms with Crippen LogP contribution in [0.5, 0.6) is 0 Å². The Labute approximate surface area is 140 Å². The Kier molecular flexibility index (Phi) is 7.35. The summed E-state index contributed by atoms with van der Waals surface area (Å²) in [5.74, 6) is 0.840. The van der Waals surface area contributed by atoms with Crippen LogP contribution in [0.4, 0.5) is 0 Å².